The summed E-state index contributed by atoms with van der Waals surface area (Å²) in [5.41, 5.74) is 1.24. The molecule has 4 heterocycles. The zero-order chi connectivity index (χ0) is 35.7. The highest BCUT2D eigenvalue weighted by Gasteiger charge is 2.38. The summed E-state index contributed by atoms with van der Waals surface area (Å²) in [5.74, 6) is -0.00556. The molecule has 1 unspecified atom stereocenters. The number of piperidine rings is 2. The van der Waals surface area contributed by atoms with Crippen molar-refractivity contribution >= 4 is 28.9 Å². The SMILES string of the molecule is COc1ccc(CN2C(=O)CCC(n3c(=O)n(C)c4cc(CN5CCN(CC6CCN(C(=O)OC(C)(C)C)CC6)CC5)c(F)cc43)C2=O)cc1. The van der Waals surface area contributed by atoms with E-state index in [2.05, 4.69) is 9.80 Å². The Balaban J connectivity index is 1.07. The van der Waals surface area contributed by atoms with Crippen LogP contribution in [0.2, 0.25) is 0 Å². The first-order valence-corrected chi connectivity index (χ1v) is 17.6. The summed E-state index contributed by atoms with van der Waals surface area (Å²) in [4.78, 5) is 60.2. The molecule has 6 rings (SSSR count). The summed E-state index contributed by atoms with van der Waals surface area (Å²) in [6, 6.07) is 9.30. The Hall–Kier alpha value is -4.23. The van der Waals surface area contributed by atoms with Crippen molar-refractivity contribution < 1.29 is 28.2 Å². The smallest absolute Gasteiger partial charge is 0.410 e. The molecule has 3 amide bonds. The van der Waals surface area contributed by atoms with Crippen LogP contribution in [0.1, 0.15) is 63.6 Å². The lowest BCUT2D eigenvalue weighted by Crippen LogP contribution is -2.49. The van der Waals surface area contributed by atoms with E-state index in [0.29, 0.717) is 47.9 Å². The van der Waals surface area contributed by atoms with Gasteiger partial charge in [0.2, 0.25) is 5.91 Å². The number of fused-ring (bicyclic) bond motifs is 1. The molecule has 1 atom stereocenters. The number of ether oxygens (including phenoxy) is 2. The summed E-state index contributed by atoms with van der Waals surface area (Å²) >= 11 is 0. The van der Waals surface area contributed by atoms with Crippen LogP contribution in [-0.2, 0) is 34.5 Å². The lowest BCUT2D eigenvalue weighted by Gasteiger charge is -2.39. The van der Waals surface area contributed by atoms with Gasteiger partial charge >= 0.3 is 11.8 Å². The van der Waals surface area contributed by atoms with E-state index in [-0.39, 0.29) is 31.4 Å². The van der Waals surface area contributed by atoms with Crippen LogP contribution in [0.3, 0.4) is 0 Å². The number of hydrogen-bond donors (Lipinski definition) is 0. The van der Waals surface area contributed by atoms with Gasteiger partial charge < -0.3 is 19.3 Å². The normalized spacial score (nSPS) is 20.2. The minimum Gasteiger partial charge on any atom is -0.497 e. The maximum Gasteiger partial charge on any atom is 0.410 e. The zero-order valence-electron chi connectivity index (χ0n) is 29.8. The summed E-state index contributed by atoms with van der Waals surface area (Å²) in [5, 5.41) is 0. The number of nitrogens with zero attached hydrogens (tertiary/aromatic N) is 6. The molecule has 13 heteroatoms. The molecule has 3 aliphatic rings. The van der Waals surface area contributed by atoms with Crippen molar-refractivity contribution in [3.8, 4) is 5.75 Å². The van der Waals surface area contributed by atoms with Gasteiger partial charge in [0.15, 0.2) is 0 Å². The molecule has 1 aromatic heterocycles. The van der Waals surface area contributed by atoms with Crippen molar-refractivity contribution in [2.45, 2.75) is 71.2 Å². The Morgan fingerprint density at radius 1 is 0.880 bits per heavy atom. The number of methoxy groups -OCH3 is 1. The zero-order valence-corrected chi connectivity index (χ0v) is 29.8. The van der Waals surface area contributed by atoms with Crippen LogP contribution in [0.4, 0.5) is 9.18 Å². The van der Waals surface area contributed by atoms with Gasteiger partial charge in [0.05, 0.1) is 24.7 Å². The molecule has 3 aliphatic heterocycles. The van der Waals surface area contributed by atoms with Gasteiger partial charge in [-0.3, -0.25) is 28.5 Å². The number of piperazine rings is 1. The molecule has 0 saturated carbocycles. The predicted octanol–water partition coefficient (Wildman–Crippen LogP) is 4.14. The van der Waals surface area contributed by atoms with Crippen molar-refractivity contribution in [1.29, 1.82) is 0 Å². The average molecular weight is 693 g/mol. The van der Waals surface area contributed by atoms with Crippen molar-refractivity contribution in [2.24, 2.45) is 13.0 Å². The third-order valence-electron chi connectivity index (χ3n) is 10.2. The van der Waals surface area contributed by atoms with E-state index < -0.39 is 29.1 Å². The predicted molar refractivity (Wildman–Crippen MR) is 186 cm³/mol. The number of rotatable bonds is 8. The van der Waals surface area contributed by atoms with Crippen LogP contribution in [0.15, 0.2) is 41.2 Å². The number of halogens is 1. The van der Waals surface area contributed by atoms with Crippen molar-refractivity contribution in [3.63, 3.8) is 0 Å². The summed E-state index contributed by atoms with van der Waals surface area (Å²) < 4.78 is 29.3. The van der Waals surface area contributed by atoms with E-state index in [4.69, 9.17) is 9.47 Å². The molecule has 3 saturated heterocycles. The molecule has 0 bridgehead atoms. The molecule has 2 aromatic carbocycles. The van der Waals surface area contributed by atoms with Crippen LogP contribution in [0.5, 0.6) is 5.75 Å². The van der Waals surface area contributed by atoms with Crippen LogP contribution in [0.25, 0.3) is 11.0 Å². The Bertz CT molecular complexity index is 1780. The van der Waals surface area contributed by atoms with Crippen molar-refractivity contribution in [2.75, 3.05) is 52.9 Å². The number of hydrogen-bond acceptors (Lipinski definition) is 8. The summed E-state index contributed by atoms with van der Waals surface area (Å²) in [6.07, 6.45) is 1.94. The van der Waals surface area contributed by atoms with Gasteiger partial charge in [-0.2, -0.15) is 0 Å². The van der Waals surface area contributed by atoms with Crippen LogP contribution >= 0.6 is 0 Å². The molecular formula is C37H49FN6O6. The number of aromatic nitrogens is 2. The van der Waals surface area contributed by atoms with E-state index in [1.54, 1.807) is 44.5 Å². The fourth-order valence-corrected chi connectivity index (χ4v) is 7.35. The van der Waals surface area contributed by atoms with E-state index in [1.807, 2.05) is 25.7 Å². The minimum absolute atomic E-state index is 0.0802. The maximum absolute atomic E-state index is 15.8. The minimum atomic E-state index is -0.912. The van der Waals surface area contributed by atoms with E-state index >= 15 is 4.39 Å². The Morgan fingerprint density at radius 2 is 1.54 bits per heavy atom. The number of benzene rings is 2. The Labute approximate surface area is 292 Å². The lowest BCUT2D eigenvalue weighted by molar-refractivity contribution is -0.151. The first kappa shape index (κ1) is 35.6. The number of imidazole rings is 1. The number of carbonyl (C=O) groups is 3. The number of amides is 3. The molecule has 3 aromatic rings. The molecule has 0 spiro atoms. The van der Waals surface area contributed by atoms with Gasteiger partial charge in [-0.05, 0) is 69.7 Å². The second kappa shape index (κ2) is 14.6. The van der Waals surface area contributed by atoms with Gasteiger partial charge in [0.25, 0.3) is 5.91 Å². The highest BCUT2D eigenvalue weighted by molar-refractivity contribution is 6.00. The lowest BCUT2D eigenvalue weighted by atomic mass is 9.96. The topological polar surface area (TPSA) is 110 Å². The van der Waals surface area contributed by atoms with Gasteiger partial charge in [0.1, 0.15) is 23.2 Å². The molecular weight excluding hydrogens is 643 g/mol. The first-order chi connectivity index (χ1) is 23.8. The quantitative estimate of drug-likeness (QED) is 0.324. The van der Waals surface area contributed by atoms with Crippen molar-refractivity contribution in [1.82, 2.24) is 28.7 Å². The summed E-state index contributed by atoms with van der Waals surface area (Å²) in [7, 11) is 3.20. The Morgan fingerprint density at radius 3 is 2.18 bits per heavy atom. The van der Waals surface area contributed by atoms with Crippen LogP contribution in [0, 0.1) is 11.7 Å². The number of imide groups is 1. The number of likely N-dealkylation sites (tertiary alicyclic amines) is 2. The standard InChI is InChI=1S/C37H49FN6O6/c1-37(2,3)50-36(48)42-14-12-26(13-15-42)22-40-16-18-41(19-17-40)24-27-20-31-32(21-29(27)38)44(35(47)39(31)4)30-10-11-33(45)43(34(30)46)23-25-6-8-28(49-5)9-7-25/h6-9,20-21,26,30H,10-19,22-24H2,1-5H3. The summed E-state index contributed by atoms with van der Waals surface area (Å²) in [6.45, 7) is 11.9. The molecule has 50 heavy (non-hydrogen) atoms. The largest absolute Gasteiger partial charge is 0.497 e. The van der Waals surface area contributed by atoms with Crippen molar-refractivity contribution in [3.05, 3.63) is 63.8 Å². The van der Waals surface area contributed by atoms with E-state index in [9.17, 15) is 19.2 Å². The highest BCUT2D eigenvalue weighted by atomic mass is 19.1. The molecule has 3 fully saturated rings. The maximum atomic E-state index is 15.8. The monoisotopic (exact) mass is 692 g/mol. The van der Waals surface area contributed by atoms with E-state index in [0.717, 1.165) is 51.1 Å². The second-order valence-corrected chi connectivity index (χ2v) is 14.9. The molecule has 0 N–H and O–H groups in total. The number of aryl methyl sites for hydroxylation is 1. The van der Waals surface area contributed by atoms with Gasteiger partial charge in [0, 0.05) is 77.5 Å². The van der Waals surface area contributed by atoms with Crippen LogP contribution < -0.4 is 10.4 Å². The average Bonchev–Trinajstić information content (AvgIpc) is 3.31. The van der Waals surface area contributed by atoms with Gasteiger partial charge in [-0.15, -0.1) is 0 Å². The third-order valence-corrected chi connectivity index (χ3v) is 10.2. The fraction of sp³-hybridized carbons (Fsp3) is 0.568. The highest BCUT2D eigenvalue weighted by Crippen LogP contribution is 2.30. The third kappa shape index (κ3) is 7.73. The second-order valence-electron chi connectivity index (χ2n) is 14.9. The van der Waals surface area contributed by atoms with Crippen LogP contribution in [-0.4, -0.2) is 105 Å². The first-order valence-electron chi connectivity index (χ1n) is 17.6. The number of carbonyl (C=O) groups excluding carboxylic acids is 3. The Kier molecular flexibility index (Phi) is 10.4. The fourth-order valence-electron chi connectivity index (χ4n) is 7.35. The molecule has 0 radical (unpaired) electrons. The van der Waals surface area contributed by atoms with E-state index in [1.165, 1.54) is 20.1 Å². The molecule has 270 valence electrons. The van der Waals surface area contributed by atoms with Gasteiger partial charge in [-0.25, -0.2) is 14.0 Å². The molecule has 0 aliphatic carbocycles. The van der Waals surface area contributed by atoms with Gasteiger partial charge in [-0.1, -0.05) is 12.1 Å². The molecule has 12 nitrogen and oxygen atoms in total.